The third kappa shape index (κ3) is 4.31. The van der Waals surface area contributed by atoms with Gasteiger partial charge in [0.2, 0.25) is 5.91 Å². The molecule has 102 valence electrons. The lowest BCUT2D eigenvalue weighted by Crippen LogP contribution is -2.36. The second-order valence-electron chi connectivity index (χ2n) is 3.39. The van der Waals surface area contributed by atoms with Crippen molar-refractivity contribution in [1.29, 1.82) is 0 Å². The number of carboxylic acids is 1. The van der Waals surface area contributed by atoms with Crippen LogP contribution in [-0.2, 0) is 4.79 Å². The Bertz CT molecular complexity index is 548. The van der Waals surface area contributed by atoms with Crippen molar-refractivity contribution in [1.82, 2.24) is 5.32 Å². The first kappa shape index (κ1) is 15.1. The van der Waals surface area contributed by atoms with E-state index in [9.17, 15) is 14.4 Å². The molecule has 0 aliphatic carbocycles. The van der Waals surface area contributed by atoms with Crippen LogP contribution in [0.1, 0.15) is 10.4 Å². The van der Waals surface area contributed by atoms with Crippen molar-refractivity contribution in [3.8, 4) is 0 Å². The fourth-order valence-corrected chi connectivity index (χ4v) is 1.74. The molecule has 1 rings (SSSR count). The summed E-state index contributed by atoms with van der Waals surface area (Å²) in [5.41, 5.74) is 4.45. The Morgan fingerprint density at radius 1 is 1.26 bits per heavy atom. The lowest BCUT2D eigenvalue weighted by atomic mass is 10.2. The maximum atomic E-state index is 11.4. The summed E-state index contributed by atoms with van der Waals surface area (Å²) in [6.45, 7) is -0.389. The Morgan fingerprint density at radius 2 is 1.89 bits per heavy atom. The Balaban J connectivity index is 2.97. The maximum Gasteiger partial charge on any atom is 0.337 e. The zero-order chi connectivity index (χ0) is 14.6. The number of nitrogens with one attached hydrogen (secondary N) is 2. The molecule has 1 aromatic carbocycles. The number of rotatable bonds is 4. The van der Waals surface area contributed by atoms with E-state index in [4.69, 9.17) is 34.0 Å². The van der Waals surface area contributed by atoms with Gasteiger partial charge < -0.3 is 21.5 Å². The van der Waals surface area contributed by atoms with Gasteiger partial charge in [-0.3, -0.25) is 4.79 Å². The fraction of sp³-hybridized carbons (Fsp3) is 0.100. The number of carbonyl (C=O) groups excluding carboxylic acids is 2. The number of amides is 3. The Kier molecular flexibility index (Phi) is 4.96. The van der Waals surface area contributed by atoms with Gasteiger partial charge in [0.05, 0.1) is 22.8 Å². The second-order valence-corrected chi connectivity index (χ2v) is 4.23. The number of nitrogens with two attached hydrogens (primary N) is 1. The van der Waals surface area contributed by atoms with Crippen molar-refractivity contribution >= 4 is 46.8 Å². The fourth-order valence-electron chi connectivity index (χ4n) is 1.19. The molecule has 0 fully saturated rings. The highest BCUT2D eigenvalue weighted by molar-refractivity contribution is 6.37. The van der Waals surface area contributed by atoms with E-state index in [0.717, 1.165) is 6.07 Å². The van der Waals surface area contributed by atoms with Crippen LogP contribution in [0, 0.1) is 0 Å². The van der Waals surface area contributed by atoms with Crippen molar-refractivity contribution in [2.75, 3.05) is 11.9 Å². The minimum absolute atomic E-state index is 0.0425. The van der Waals surface area contributed by atoms with Gasteiger partial charge in [0.1, 0.15) is 0 Å². The zero-order valence-electron chi connectivity index (χ0n) is 9.37. The third-order valence-electron chi connectivity index (χ3n) is 1.95. The number of anilines is 1. The molecular formula is C10H9Cl2N3O4. The van der Waals surface area contributed by atoms with Crippen LogP contribution in [0.15, 0.2) is 12.1 Å². The standard InChI is InChI=1S/C10H9Cl2N3O4/c11-4-1-5(9(17)18)8(6(12)2-4)15-10(19)14-3-7(13)16/h1-2H,3H2,(H2,13,16)(H,17,18)(H2,14,15,19). The lowest BCUT2D eigenvalue weighted by molar-refractivity contribution is -0.117. The normalized spacial score (nSPS) is 9.79. The van der Waals surface area contributed by atoms with Crippen molar-refractivity contribution in [2.24, 2.45) is 5.73 Å². The Labute approximate surface area is 117 Å². The van der Waals surface area contributed by atoms with Crippen LogP contribution in [0.25, 0.3) is 0 Å². The van der Waals surface area contributed by atoms with Gasteiger partial charge in [-0.1, -0.05) is 23.2 Å². The van der Waals surface area contributed by atoms with E-state index in [1.165, 1.54) is 6.07 Å². The first-order valence-electron chi connectivity index (χ1n) is 4.86. The average molecular weight is 306 g/mol. The van der Waals surface area contributed by atoms with Crippen molar-refractivity contribution < 1.29 is 19.5 Å². The van der Waals surface area contributed by atoms with Crippen LogP contribution in [0.4, 0.5) is 10.5 Å². The number of carbonyl (C=O) groups is 3. The van der Waals surface area contributed by atoms with Crippen LogP contribution < -0.4 is 16.4 Å². The average Bonchev–Trinajstić information content (AvgIpc) is 2.29. The monoisotopic (exact) mass is 305 g/mol. The van der Waals surface area contributed by atoms with Gasteiger partial charge in [0.25, 0.3) is 0 Å². The smallest absolute Gasteiger partial charge is 0.337 e. The number of urea groups is 1. The number of aromatic carboxylic acids is 1. The summed E-state index contributed by atoms with van der Waals surface area (Å²) in [5.74, 6) is -2.05. The molecule has 7 nitrogen and oxygen atoms in total. The minimum Gasteiger partial charge on any atom is -0.478 e. The van der Waals surface area contributed by atoms with Gasteiger partial charge in [-0.25, -0.2) is 9.59 Å². The molecule has 0 aromatic heterocycles. The molecule has 0 saturated carbocycles. The molecule has 0 bridgehead atoms. The summed E-state index contributed by atoms with van der Waals surface area (Å²) >= 11 is 11.5. The van der Waals surface area contributed by atoms with Gasteiger partial charge in [-0.15, -0.1) is 0 Å². The van der Waals surface area contributed by atoms with Gasteiger partial charge in [0, 0.05) is 5.02 Å². The van der Waals surface area contributed by atoms with Crippen LogP contribution in [-0.4, -0.2) is 29.6 Å². The Morgan fingerprint density at radius 3 is 2.42 bits per heavy atom. The van der Waals surface area contributed by atoms with E-state index in [-0.39, 0.29) is 27.8 Å². The molecule has 0 heterocycles. The lowest BCUT2D eigenvalue weighted by Gasteiger charge is -2.11. The highest BCUT2D eigenvalue weighted by atomic mass is 35.5. The molecule has 0 aliphatic rings. The summed E-state index contributed by atoms with van der Waals surface area (Å²) in [5, 5.41) is 13.4. The molecule has 0 unspecified atom stereocenters. The highest BCUT2D eigenvalue weighted by Crippen LogP contribution is 2.30. The van der Waals surface area contributed by atoms with Gasteiger partial charge >= 0.3 is 12.0 Å². The van der Waals surface area contributed by atoms with Crippen LogP contribution in [0.3, 0.4) is 0 Å². The molecule has 0 atom stereocenters. The first-order valence-corrected chi connectivity index (χ1v) is 5.62. The number of hydrogen-bond donors (Lipinski definition) is 4. The molecule has 0 spiro atoms. The summed E-state index contributed by atoms with van der Waals surface area (Å²) < 4.78 is 0. The van der Waals surface area contributed by atoms with Crippen LogP contribution in [0.2, 0.25) is 10.0 Å². The number of primary amides is 1. The minimum atomic E-state index is -1.31. The van der Waals surface area contributed by atoms with Crippen molar-refractivity contribution in [3.05, 3.63) is 27.7 Å². The van der Waals surface area contributed by atoms with Crippen LogP contribution >= 0.6 is 23.2 Å². The Hall–Kier alpha value is -1.99. The second kappa shape index (κ2) is 6.26. The largest absolute Gasteiger partial charge is 0.478 e. The van der Waals surface area contributed by atoms with E-state index >= 15 is 0 Å². The summed E-state index contributed by atoms with van der Waals surface area (Å²) in [7, 11) is 0. The van der Waals surface area contributed by atoms with Crippen molar-refractivity contribution in [3.63, 3.8) is 0 Å². The van der Waals surface area contributed by atoms with Crippen molar-refractivity contribution in [2.45, 2.75) is 0 Å². The van der Waals surface area contributed by atoms with E-state index < -0.39 is 17.9 Å². The molecule has 0 aliphatic heterocycles. The summed E-state index contributed by atoms with van der Waals surface area (Å²) in [6, 6.07) is 1.60. The number of carboxylic acid groups (broad SMARTS) is 1. The highest BCUT2D eigenvalue weighted by Gasteiger charge is 2.17. The molecule has 0 saturated heterocycles. The van der Waals surface area contributed by atoms with E-state index in [1.54, 1.807) is 0 Å². The summed E-state index contributed by atoms with van der Waals surface area (Å²) in [6.07, 6.45) is 0. The predicted molar refractivity (Wildman–Crippen MR) is 69.6 cm³/mol. The van der Waals surface area contributed by atoms with E-state index in [1.807, 2.05) is 0 Å². The quantitative estimate of drug-likeness (QED) is 0.669. The van der Waals surface area contributed by atoms with E-state index in [0.29, 0.717) is 0 Å². The third-order valence-corrected chi connectivity index (χ3v) is 2.46. The maximum absolute atomic E-state index is 11.4. The van der Waals surface area contributed by atoms with E-state index in [2.05, 4.69) is 10.6 Å². The molecule has 5 N–H and O–H groups in total. The molecule has 1 aromatic rings. The zero-order valence-corrected chi connectivity index (χ0v) is 10.9. The first-order chi connectivity index (χ1) is 8.81. The molecular weight excluding hydrogens is 297 g/mol. The topological polar surface area (TPSA) is 122 Å². The molecule has 19 heavy (non-hydrogen) atoms. The number of halogens is 2. The van der Waals surface area contributed by atoms with Gasteiger partial charge in [0.15, 0.2) is 0 Å². The van der Waals surface area contributed by atoms with Crippen LogP contribution in [0.5, 0.6) is 0 Å². The SMILES string of the molecule is NC(=O)CNC(=O)Nc1c(Cl)cc(Cl)cc1C(=O)O. The summed E-state index contributed by atoms with van der Waals surface area (Å²) in [4.78, 5) is 32.9. The molecule has 9 heteroatoms. The predicted octanol–water partition coefficient (Wildman–Crippen LogP) is 1.30. The number of hydrogen-bond acceptors (Lipinski definition) is 3. The molecule has 0 radical (unpaired) electrons. The number of benzene rings is 1. The van der Waals surface area contributed by atoms with Gasteiger partial charge in [-0.2, -0.15) is 0 Å². The van der Waals surface area contributed by atoms with Gasteiger partial charge in [-0.05, 0) is 12.1 Å². The molecule has 3 amide bonds.